The molecule has 3 N–H and O–H groups in total. The van der Waals surface area contributed by atoms with Gasteiger partial charge in [0.1, 0.15) is 5.75 Å². The lowest BCUT2D eigenvalue weighted by molar-refractivity contribution is 0.275. The van der Waals surface area contributed by atoms with E-state index in [1.165, 1.54) is 14.7 Å². The van der Waals surface area contributed by atoms with Crippen molar-refractivity contribution in [3.05, 3.63) is 84.9 Å². The first-order valence-corrected chi connectivity index (χ1v) is 12.0. The van der Waals surface area contributed by atoms with E-state index in [9.17, 15) is 5.11 Å². The van der Waals surface area contributed by atoms with Crippen LogP contribution in [0.15, 0.2) is 99.6 Å². The predicted molar refractivity (Wildman–Crippen MR) is 116 cm³/mol. The predicted octanol–water partition coefficient (Wildman–Crippen LogP) is 4.19. The number of thiol groups is 1. The Kier molecular flexibility index (Phi) is 5.61. The van der Waals surface area contributed by atoms with Crippen molar-refractivity contribution in [2.45, 2.75) is 20.7 Å². The molecule has 0 radical (unpaired) electrons. The lowest BCUT2D eigenvalue weighted by Gasteiger charge is -2.61. The van der Waals surface area contributed by atoms with Crippen molar-refractivity contribution in [3.63, 3.8) is 0 Å². The Balaban J connectivity index is 2.38. The smallest absolute Gasteiger partial charge is 0.118 e. The summed E-state index contributed by atoms with van der Waals surface area (Å²) in [5.41, 5.74) is 6.37. The first-order valence-electron chi connectivity index (χ1n) is 9.16. The number of rotatable bonds is 7. The molecule has 1 atom stereocenters. The van der Waals surface area contributed by atoms with Gasteiger partial charge in [-0.05, 0) is 51.0 Å². The summed E-state index contributed by atoms with van der Waals surface area (Å²) in [7, 11) is -1.22. The molecule has 0 amide bonds. The van der Waals surface area contributed by atoms with Gasteiger partial charge in [-0.2, -0.15) is 0 Å². The molecule has 0 spiro atoms. The number of benzene rings is 3. The molecule has 0 heterocycles. The van der Waals surface area contributed by atoms with Crippen LogP contribution in [0, 0.1) is 0 Å². The molecule has 0 aliphatic rings. The van der Waals surface area contributed by atoms with Gasteiger partial charge in [0.25, 0.3) is 0 Å². The van der Waals surface area contributed by atoms with Crippen LogP contribution < -0.4 is 10.5 Å². The highest BCUT2D eigenvalue weighted by atomic mass is 32.3. The molecule has 0 saturated heterocycles. The largest absolute Gasteiger partial charge is 0.497 e. The van der Waals surface area contributed by atoms with Crippen LogP contribution in [-0.2, 0) is 0 Å². The van der Waals surface area contributed by atoms with E-state index in [1.54, 1.807) is 7.11 Å². The average molecular weight is 384 g/mol. The van der Waals surface area contributed by atoms with Crippen LogP contribution in [0.5, 0.6) is 5.75 Å². The molecule has 0 bridgehead atoms. The maximum Gasteiger partial charge on any atom is 0.118 e. The van der Waals surface area contributed by atoms with Gasteiger partial charge in [-0.3, -0.25) is 0 Å². The number of aliphatic hydroxyl groups is 1. The van der Waals surface area contributed by atoms with E-state index >= 15 is 0 Å². The summed E-state index contributed by atoms with van der Waals surface area (Å²) in [6.45, 7) is -0.0401. The molecule has 3 nitrogen and oxygen atoms in total. The Morgan fingerprint density at radius 1 is 0.815 bits per heavy atom. The van der Waals surface area contributed by atoms with Crippen LogP contribution in [-0.4, -0.2) is 36.9 Å². The van der Waals surface area contributed by atoms with Crippen molar-refractivity contribution in [1.29, 1.82) is 0 Å². The zero-order valence-corrected chi connectivity index (χ0v) is 16.8. The van der Waals surface area contributed by atoms with Gasteiger partial charge in [0.2, 0.25) is 0 Å². The Morgan fingerprint density at radius 2 is 1.26 bits per heavy atom. The fourth-order valence-electron chi connectivity index (χ4n) is 4.06. The number of hydrogen-bond donors (Lipinski definition) is 3. The van der Waals surface area contributed by atoms with E-state index in [0.717, 1.165) is 5.75 Å². The minimum absolute atomic E-state index is 0.0401. The zero-order valence-electron chi connectivity index (χ0n) is 16.0. The second-order valence-corrected chi connectivity index (χ2v) is 12.8. The SMILES string of the molecule is COc1ccc([SH](C)(CC(N)CO)(c2ccccc2)c2ccccc2)cc1. The first kappa shape index (κ1) is 19.5. The molecule has 27 heavy (non-hydrogen) atoms. The molecule has 3 aromatic carbocycles. The molecule has 3 rings (SSSR count). The summed E-state index contributed by atoms with van der Waals surface area (Å²) in [5.74, 6) is 1.53. The number of methoxy groups -OCH3 is 1. The molecule has 4 heteroatoms. The van der Waals surface area contributed by atoms with E-state index in [1.807, 2.05) is 24.3 Å². The second kappa shape index (κ2) is 7.77. The molecule has 0 aromatic heterocycles. The number of nitrogens with two attached hydrogens (primary N) is 1. The van der Waals surface area contributed by atoms with E-state index in [4.69, 9.17) is 10.5 Å². The molecule has 0 fully saturated rings. The third kappa shape index (κ3) is 3.36. The maximum atomic E-state index is 9.81. The molecule has 144 valence electrons. The van der Waals surface area contributed by atoms with E-state index in [2.05, 4.69) is 66.9 Å². The van der Waals surface area contributed by atoms with Crippen molar-refractivity contribution in [1.82, 2.24) is 0 Å². The van der Waals surface area contributed by atoms with Crippen molar-refractivity contribution in [3.8, 4) is 5.75 Å². The lowest BCUT2D eigenvalue weighted by atomic mass is 10.3. The van der Waals surface area contributed by atoms with Crippen LogP contribution in [0.3, 0.4) is 0 Å². The van der Waals surface area contributed by atoms with Crippen molar-refractivity contribution in [2.24, 2.45) is 5.73 Å². The maximum absolute atomic E-state index is 9.81. The highest BCUT2D eigenvalue weighted by Gasteiger charge is 2.43. The minimum atomic E-state index is -2.90. The Hall–Kier alpha value is -2.27. The third-order valence-corrected chi connectivity index (χ3v) is 12.1. The van der Waals surface area contributed by atoms with Gasteiger partial charge in [-0.1, -0.05) is 60.7 Å². The summed E-state index contributed by atoms with van der Waals surface area (Å²) < 4.78 is 5.38. The van der Waals surface area contributed by atoms with Gasteiger partial charge in [0, 0.05) is 6.04 Å². The van der Waals surface area contributed by atoms with Crippen LogP contribution in [0.4, 0.5) is 0 Å². The first-order chi connectivity index (χ1) is 13.0. The highest BCUT2D eigenvalue weighted by molar-refractivity contribution is 8.49. The number of aliphatic hydroxyl groups excluding tert-OH is 1. The fourth-order valence-corrected chi connectivity index (χ4v) is 9.79. The van der Waals surface area contributed by atoms with Gasteiger partial charge in [-0.25, -0.2) is 9.16 Å². The van der Waals surface area contributed by atoms with Crippen molar-refractivity contribution < 1.29 is 9.84 Å². The van der Waals surface area contributed by atoms with Gasteiger partial charge < -0.3 is 15.6 Å². The standard InChI is InChI=1S/C23H29NO2S/c1-26-20-13-15-23(16-14-20)27(2,18-19(24)17-25,21-9-5-3-6-10-21)22-11-7-4-8-12-22/h3-16,19,25,27H,17-18,24H2,1-2H3. The zero-order chi connectivity index (χ0) is 19.4. The fraction of sp³-hybridized carbons (Fsp3) is 0.217. The lowest BCUT2D eigenvalue weighted by Crippen LogP contribution is -2.37. The molecule has 3 aromatic rings. The number of hydrogen-bond acceptors (Lipinski definition) is 3. The van der Waals surface area contributed by atoms with Gasteiger partial charge in [0.15, 0.2) is 0 Å². The summed E-state index contributed by atoms with van der Waals surface area (Å²) in [4.78, 5) is 3.77. The topological polar surface area (TPSA) is 55.5 Å². The molecular weight excluding hydrogens is 354 g/mol. The highest BCUT2D eigenvalue weighted by Crippen LogP contribution is 2.83. The van der Waals surface area contributed by atoms with Gasteiger partial charge in [-0.15, -0.1) is 0 Å². The number of ether oxygens (including phenoxy) is 1. The van der Waals surface area contributed by atoms with Gasteiger partial charge >= 0.3 is 0 Å². The molecular formula is C23H29NO2S. The Bertz CT molecular complexity index is 826. The monoisotopic (exact) mass is 383 g/mol. The van der Waals surface area contributed by atoms with Crippen LogP contribution in [0.1, 0.15) is 0 Å². The van der Waals surface area contributed by atoms with E-state index < -0.39 is 9.16 Å². The molecule has 0 aliphatic carbocycles. The van der Waals surface area contributed by atoms with Crippen LogP contribution in [0.25, 0.3) is 0 Å². The Labute approximate surface area is 162 Å². The van der Waals surface area contributed by atoms with E-state index in [-0.39, 0.29) is 12.6 Å². The summed E-state index contributed by atoms with van der Waals surface area (Å²) in [5, 5.41) is 9.81. The van der Waals surface area contributed by atoms with Crippen LogP contribution >= 0.6 is 9.16 Å². The van der Waals surface area contributed by atoms with Crippen molar-refractivity contribution >= 4 is 9.16 Å². The third-order valence-electron chi connectivity index (χ3n) is 5.61. The molecule has 1 unspecified atom stereocenters. The quantitative estimate of drug-likeness (QED) is 0.536. The second-order valence-electron chi connectivity index (χ2n) is 7.29. The van der Waals surface area contributed by atoms with Crippen LogP contribution in [0.2, 0.25) is 0 Å². The Morgan fingerprint density at radius 3 is 1.67 bits per heavy atom. The normalized spacial score (nSPS) is 14.1. The summed E-state index contributed by atoms with van der Waals surface area (Å²) in [6.07, 6.45) is 2.35. The van der Waals surface area contributed by atoms with Gasteiger partial charge in [0.05, 0.1) is 13.7 Å². The van der Waals surface area contributed by atoms with Crippen molar-refractivity contribution in [2.75, 3.05) is 25.7 Å². The summed E-state index contributed by atoms with van der Waals surface area (Å²) in [6, 6.07) is 29.2. The average Bonchev–Trinajstić information content (AvgIpc) is 2.75. The molecule has 0 aliphatic heterocycles. The minimum Gasteiger partial charge on any atom is -0.497 e. The molecule has 0 saturated carbocycles. The summed E-state index contributed by atoms with van der Waals surface area (Å²) >= 11 is 0. The van der Waals surface area contributed by atoms with E-state index in [0.29, 0.717) is 5.75 Å².